The number of imidazole rings is 1. The number of hydrogen-bond donors (Lipinski definition) is 0. The zero-order chi connectivity index (χ0) is 24.9. The molecule has 0 aliphatic heterocycles. The maximum Gasteiger partial charge on any atom is 0.253 e. The van der Waals surface area contributed by atoms with E-state index in [0.29, 0.717) is 30.0 Å². The van der Waals surface area contributed by atoms with Crippen LogP contribution in [0, 0.1) is 5.82 Å². The van der Waals surface area contributed by atoms with Gasteiger partial charge in [0, 0.05) is 31.1 Å². The quantitative estimate of drug-likeness (QED) is 0.241. The second-order valence-corrected chi connectivity index (χ2v) is 9.51. The number of hydrogen-bond acceptors (Lipinski definition) is 4. The van der Waals surface area contributed by atoms with Crippen molar-refractivity contribution in [2.45, 2.75) is 24.0 Å². The van der Waals surface area contributed by atoms with Gasteiger partial charge in [-0.3, -0.25) is 9.78 Å². The monoisotopic (exact) mass is 496 g/mol. The Morgan fingerprint density at radius 3 is 2.47 bits per heavy atom. The van der Waals surface area contributed by atoms with Gasteiger partial charge in [0.1, 0.15) is 5.82 Å². The maximum atomic E-state index is 14.1. The summed E-state index contributed by atoms with van der Waals surface area (Å²) in [5.41, 5.74) is 5.16. The van der Waals surface area contributed by atoms with Gasteiger partial charge in [0.2, 0.25) is 0 Å². The lowest BCUT2D eigenvalue weighted by Crippen LogP contribution is -2.26. The summed E-state index contributed by atoms with van der Waals surface area (Å²) in [5.74, 6) is 0.237. The van der Waals surface area contributed by atoms with E-state index in [1.54, 1.807) is 29.4 Å². The summed E-state index contributed by atoms with van der Waals surface area (Å²) in [7, 11) is 1.81. The molecule has 0 aliphatic carbocycles. The van der Waals surface area contributed by atoms with Gasteiger partial charge in [-0.05, 0) is 41.0 Å². The highest BCUT2D eigenvalue weighted by molar-refractivity contribution is 7.98. The molecule has 7 heteroatoms. The van der Waals surface area contributed by atoms with Crippen molar-refractivity contribution in [1.82, 2.24) is 19.4 Å². The van der Waals surface area contributed by atoms with Gasteiger partial charge < -0.3 is 9.47 Å². The summed E-state index contributed by atoms with van der Waals surface area (Å²) in [5, 5.41) is 0.795. The highest BCUT2D eigenvalue weighted by Gasteiger charge is 2.15. The minimum absolute atomic E-state index is 0.0242. The molecule has 2 heterocycles. The molecule has 1 amide bonds. The Morgan fingerprint density at radius 1 is 0.944 bits per heavy atom. The molecule has 0 saturated heterocycles. The molecule has 0 fully saturated rings. The van der Waals surface area contributed by atoms with E-state index in [-0.39, 0.29) is 11.7 Å². The van der Waals surface area contributed by atoms with Gasteiger partial charge in [0.15, 0.2) is 5.16 Å². The average Bonchev–Trinajstić information content (AvgIpc) is 3.26. The number of rotatable bonds is 8. The standard InChI is InChI=1S/C29H25FN4OS/c1-33(18-21-7-3-2-4-8-21)28(35)23-13-11-22(12-14-23)19-34-27-17-31-16-15-26(27)32-29(34)36-20-24-9-5-6-10-25(24)30/h2-17H,18-20H2,1H3. The average molecular weight is 497 g/mol. The van der Waals surface area contributed by atoms with Crippen LogP contribution in [0.25, 0.3) is 11.0 Å². The van der Waals surface area contributed by atoms with Gasteiger partial charge in [-0.1, -0.05) is 72.4 Å². The van der Waals surface area contributed by atoms with Crippen LogP contribution in [0.1, 0.15) is 27.0 Å². The van der Waals surface area contributed by atoms with Crippen molar-refractivity contribution >= 4 is 28.7 Å². The van der Waals surface area contributed by atoms with Crippen molar-refractivity contribution in [3.63, 3.8) is 0 Å². The van der Waals surface area contributed by atoms with E-state index < -0.39 is 0 Å². The third-order valence-corrected chi connectivity index (χ3v) is 7.01. The largest absolute Gasteiger partial charge is 0.337 e. The van der Waals surface area contributed by atoms with E-state index >= 15 is 0 Å². The smallest absolute Gasteiger partial charge is 0.253 e. The van der Waals surface area contributed by atoms with Gasteiger partial charge in [0.05, 0.1) is 23.8 Å². The van der Waals surface area contributed by atoms with Gasteiger partial charge in [-0.15, -0.1) is 0 Å². The van der Waals surface area contributed by atoms with Crippen LogP contribution in [-0.4, -0.2) is 32.4 Å². The number of carbonyl (C=O) groups excluding carboxylic acids is 1. The molecular formula is C29H25FN4OS. The van der Waals surface area contributed by atoms with E-state index in [1.165, 1.54) is 17.8 Å². The maximum absolute atomic E-state index is 14.1. The van der Waals surface area contributed by atoms with Gasteiger partial charge in [-0.25, -0.2) is 9.37 Å². The number of pyridine rings is 1. The second kappa shape index (κ2) is 10.7. The van der Waals surface area contributed by atoms with Crippen molar-refractivity contribution in [3.8, 4) is 0 Å². The van der Waals surface area contributed by atoms with Crippen molar-refractivity contribution in [2.24, 2.45) is 0 Å². The van der Waals surface area contributed by atoms with Crippen LogP contribution in [0.15, 0.2) is 102 Å². The third-order valence-electron chi connectivity index (χ3n) is 5.98. The first-order valence-corrected chi connectivity index (χ1v) is 12.6. The van der Waals surface area contributed by atoms with Gasteiger partial charge in [0.25, 0.3) is 5.91 Å². The summed E-state index contributed by atoms with van der Waals surface area (Å²) in [4.78, 5) is 23.7. The predicted molar refractivity (Wildman–Crippen MR) is 141 cm³/mol. The molecule has 0 unspecified atom stereocenters. The lowest BCUT2D eigenvalue weighted by Gasteiger charge is -2.17. The number of fused-ring (bicyclic) bond motifs is 1. The normalized spacial score (nSPS) is 11.1. The molecular weight excluding hydrogens is 471 g/mol. The zero-order valence-corrected chi connectivity index (χ0v) is 20.7. The Morgan fingerprint density at radius 2 is 1.69 bits per heavy atom. The van der Waals surface area contributed by atoms with E-state index in [9.17, 15) is 9.18 Å². The van der Waals surface area contributed by atoms with Crippen LogP contribution in [0.5, 0.6) is 0 Å². The van der Waals surface area contributed by atoms with Crippen molar-refractivity contribution < 1.29 is 9.18 Å². The minimum Gasteiger partial charge on any atom is -0.337 e. The van der Waals surface area contributed by atoms with Crippen molar-refractivity contribution in [1.29, 1.82) is 0 Å². The minimum atomic E-state index is -0.216. The van der Waals surface area contributed by atoms with E-state index in [2.05, 4.69) is 9.55 Å². The van der Waals surface area contributed by atoms with E-state index in [0.717, 1.165) is 27.3 Å². The number of benzene rings is 3. The number of aromatic nitrogens is 3. The molecule has 0 saturated carbocycles. The lowest BCUT2D eigenvalue weighted by atomic mass is 10.1. The molecule has 3 aromatic carbocycles. The molecule has 0 spiro atoms. The Balaban J connectivity index is 1.33. The molecule has 180 valence electrons. The molecule has 5 aromatic rings. The Labute approximate surface area is 213 Å². The number of carbonyl (C=O) groups is 1. The first-order valence-electron chi connectivity index (χ1n) is 11.6. The number of thioether (sulfide) groups is 1. The Hall–Kier alpha value is -3.97. The van der Waals surface area contributed by atoms with E-state index in [1.807, 2.05) is 73.8 Å². The first kappa shape index (κ1) is 23.8. The van der Waals surface area contributed by atoms with Crippen LogP contribution < -0.4 is 0 Å². The fourth-order valence-electron chi connectivity index (χ4n) is 4.05. The molecule has 36 heavy (non-hydrogen) atoms. The molecule has 0 atom stereocenters. The second-order valence-electron chi connectivity index (χ2n) is 8.57. The van der Waals surface area contributed by atoms with Crippen LogP contribution in [0.2, 0.25) is 0 Å². The topological polar surface area (TPSA) is 51.0 Å². The molecule has 0 N–H and O–H groups in total. The van der Waals surface area contributed by atoms with Gasteiger partial charge in [-0.2, -0.15) is 0 Å². The third kappa shape index (κ3) is 5.31. The van der Waals surface area contributed by atoms with E-state index in [4.69, 9.17) is 4.98 Å². The van der Waals surface area contributed by atoms with Crippen LogP contribution >= 0.6 is 11.8 Å². The summed E-state index contributed by atoms with van der Waals surface area (Å²) in [6.45, 7) is 1.12. The fraction of sp³-hybridized carbons (Fsp3) is 0.138. The molecule has 5 nitrogen and oxygen atoms in total. The highest BCUT2D eigenvalue weighted by Crippen LogP contribution is 2.28. The summed E-state index contributed by atoms with van der Waals surface area (Å²) in [6.07, 6.45) is 3.52. The highest BCUT2D eigenvalue weighted by atomic mass is 32.2. The lowest BCUT2D eigenvalue weighted by molar-refractivity contribution is 0.0785. The molecule has 0 bridgehead atoms. The summed E-state index contributed by atoms with van der Waals surface area (Å²) in [6, 6.07) is 26.3. The zero-order valence-electron chi connectivity index (χ0n) is 19.8. The summed E-state index contributed by atoms with van der Waals surface area (Å²) < 4.78 is 16.2. The van der Waals surface area contributed by atoms with Crippen molar-refractivity contribution in [2.75, 3.05) is 7.05 Å². The van der Waals surface area contributed by atoms with Crippen LogP contribution in [0.4, 0.5) is 4.39 Å². The number of halogens is 1. The molecule has 5 rings (SSSR count). The van der Waals surface area contributed by atoms with Crippen LogP contribution in [-0.2, 0) is 18.8 Å². The fourth-order valence-corrected chi connectivity index (χ4v) is 5.05. The molecule has 0 radical (unpaired) electrons. The van der Waals surface area contributed by atoms with Gasteiger partial charge >= 0.3 is 0 Å². The predicted octanol–water partition coefficient (Wildman–Crippen LogP) is 6.18. The summed E-state index contributed by atoms with van der Waals surface area (Å²) >= 11 is 1.50. The number of nitrogens with zero attached hydrogens (tertiary/aromatic N) is 4. The van der Waals surface area contributed by atoms with Crippen LogP contribution in [0.3, 0.4) is 0 Å². The Bertz CT molecular complexity index is 1480. The first-order chi connectivity index (χ1) is 17.6. The molecule has 2 aromatic heterocycles. The van der Waals surface area contributed by atoms with Crippen molar-refractivity contribution in [3.05, 3.63) is 125 Å². The Kier molecular flexibility index (Phi) is 7.09. The number of amides is 1. The molecule has 0 aliphatic rings. The SMILES string of the molecule is CN(Cc1ccccc1)C(=O)c1ccc(Cn2c(SCc3ccccc3F)nc3ccncc32)cc1.